The third kappa shape index (κ3) is 4.87. The molecule has 2 heterocycles. The van der Waals surface area contributed by atoms with E-state index in [9.17, 15) is 18.0 Å². The molecule has 1 N–H and O–H groups in total. The highest BCUT2D eigenvalue weighted by Crippen LogP contribution is 2.27. The van der Waals surface area contributed by atoms with E-state index in [-0.39, 0.29) is 23.1 Å². The summed E-state index contributed by atoms with van der Waals surface area (Å²) in [6.45, 7) is 0.494. The summed E-state index contributed by atoms with van der Waals surface area (Å²) in [6.07, 6.45) is 1.20. The monoisotopic (exact) mass is 513 g/mol. The van der Waals surface area contributed by atoms with Crippen LogP contribution < -0.4 is 10.2 Å². The van der Waals surface area contributed by atoms with E-state index in [0.717, 1.165) is 21.6 Å². The minimum absolute atomic E-state index is 0.0708. The average Bonchev–Trinajstić information content (AvgIpc) is 3.03. The highest BCUT2D eigenvalue weighted by atomic mass is 35.5. The van der Waals surface area contributed by atoms with Crippen molar-refractivity contribution in [2.75, 3.05) is 18.4 Å². The van der Waals surface area contributed by atoms with Crippen LogP contribution in [0.3, 0.4) is 0 Å². The zero-order valence-electron chi connectivity index (χ0n) is 17.2. The molecule has 1 aromatic heterocycles. The van der Waals surface area contributed by atoms with E-state index >= 15 is 0 Å². The van der Waals surface area contributed by atoms with Gasteiger partial charge in [-0.05, 0) is 48.7 Å². The molecule has 1 atom stereocenters. The first kappa shape index (κ1) is 23.3. The molecular formula is C21H21Cl2N3O4S2. The van der Waals surface area contributed by atoms with Crippen molar-refractivity contribution in [3.63, 3.8) is 0 Å². The van der Waals surface area contributed by atoms with Gasteiger partial charge in [-0.2, -0.15) is 0 Å². The van der Waals surface area contributed by atoms with Crippen LogP contribution in [0.25, 0.3) is 10.2 Å². The summed E-state index contributed by atoms with van der Waals surface area (Å²) in [5.41, 5.74) is 1.93. The number of hydrogen-bond acceptors (Lipinski definition) is 5. The standard InChI is InChI=1S/C21H21Cl2N3O4S2/c1-25-18-7-5-15(10-19(18)31-21(25)28)24-20(27)14-3-2-8-26(11-14)32(29,30)12-13-4-6-16(22)17(23)9-13/h4-7,9-10,14H,2-3,8,11-12H2,1H3,(H,24,27)/t14-/m0/s1. The number of piperidine rings is 1. The number of amides is 1. The van der Waals surface area contributed by atoms with Crippen molar-refractivity contribution < 1.29 is 13.2 Å². The van der Waals surface area contributed by atoms with Crippen LogP contribution in [0.2, 0.25) is 10.0 Å². The van der Waals surface area contributed by atoms with Crippen molar-refractivity contribution in [1.82, 2.24) is 8.87 Å². The topological polar surface area (TPSA) is 88.5 Å². The maximum absolute atomic E-state index is 12.9. The summed E-state index contributed by atoms with van der Waals surface area (Å²) in [5.74, 6) is -0.901. The molecular weight excluding hydrogens is 493 g/mol. The van der Waals surface area contributed by atoms with Gasteiger partial charge in [0.25, 0.3) is 0 Å². The van der Waals surface area contributed by atoms with Crippen molar-refractivity contribution in [3.05, 3.63) is 61.7 Å². The normalized spacial score (nSPS) is 17.5. The van der Waals surface area contributed by atoms with Crippen molar-refractivity contribution in [2.24, 2.45) is 13.0 Å². The molecule has 4 rings (SSSR count). The molecule has 0 aliphatic carbocycles. The van der Waals surface area contributed by atoms with E-state index in [1.54, 1.807) is 48.0 Å². The van der Waals surface area contributed by atoms with Gasteiger partial charge in [0.15, 0.2) is 0 Å². The van der Waals surface area contributed by atoms with Crippen molar-refractivity contribution in [1.29, 1.82) is 0 Å². The van der Waals surface area contributed by atoms with Crippen LogP contribution in [0.15, 0.2) is 41.2 Å². The lowest BCUT2D eigenvalue weighted by molar-refractivity contribution is -0.120. The van der Waals surface area contributed by atoms with E-state index in [1.807, 2.05) is 0 Å². The fourth-order valence-corrected chi connectivity index (χ4v) is 6.63. The summed E-state index contributed by atoms with van der Waals surface area (Å²) in [7, 11) is -1.92. The number of sulfonamides is 1. The summed E-state index contributed by atoms with van der Waals surface area (Å²) < 4.78 is 29.6. The molecule has 2 aromatic carbocycles. The lowest BCUT2D eigenvalue weighted by Gasteiger charge is -2.31. The molecule has 32 heavy (non-hydrogen) atoms. The molecule has 0 bridgehead atoms. The van der Waals surface area contributed by atoms with Gasteiger partial charge in [-0.25, -0.2) is 12.7 Å². The lowest BCUT2D eigenvalue weighted by Crippen LogP contribution is -2.44. The van der Waals surface area contributed by atoms with Gasteiger partial charge in [-0.3, -0.25) is 9.59 Å². The third-order valence-corrected chi connectivity index (χ3v) is 9.09. The maximum atomic E-state index is 12.9. The molecule has 0 radical (unpaired) electrons. The first-order valence-corrected chi connectivity index (χ1v) is 13.1. The van der Waals surface area contributed by atoms with Crippen LogP contribution in [0.5, 0.6) is 0 Å². The zero-order chi connectivity index (χ0) is 23.0. The minimum atomic E-state index is -3.62. The van der Waals surface area contributed by atoms with Gasteiger partial charge in [-0.15, -0.1) is 0 Å². The Hall–Kier alpha value is -1.91. The molecule has 1 aliphatic rings. The predicted octanol–water partition coefficient (Wildman–Crippen LogP) is 4.09. The number of hydrogen-bond donors (Lipinski definition) is 1. The smallest absolute Gasteiger partial charge is 0.307 e. The van der Waals surface area contributed by atoms with Gasteiger partial charge in [-0.1, -0.05) is 40.6 Å². The van der Waals surface area contributed by atoms with Crippen molar-refractivity contribution in [2.45, 2.75) is 18.6 Å². The summed E-state index contributed by atoms with van der Waals surface area (Å²) in [6, 6.07) is 10.0. The summed E-state index contributed by atoms with van der Waals surface area (Å²) >= 11 is 13.0. The Morgan fingerprint density at radius 3 is 2.72 bits per heavy atom. The predicted molar refractivity (Wildman–Crippen MR) is 129 cm³/mol. The number of aromatic nitrogens is 1. The van der Waals surface area contributed by atoms with Crippen LogP contribution in [0.4, 0.5) is 5.69 Å². The Morgan fingerprint density at radius 1 is 1.19 bits per heavy atom. The molecule has 0 saturated carbocycles. The zero-order valence-corrected chi connectivity index (χ0v) is 20.3. The fourth-order valence-electron chi connectivity index (χ4n) is 3.80. The van der Waals surface area contributed by atoms with Crippen LogP contribution in [-0.4, -0.2) is 36.3 Å². The second-order valence-electron chi connectivity index (χ2n) is 7.80. The first-order valence-electron chi connectivity index (χ1n) is 9.96. The van der Waals surface area contributed by atoms with Gasteiger partial charge >= 0.3 is 4.87 Å². The Balaban J connectivity index is 1.45. The second kappa shape index (κ2) is 9.15. The Labute approximate surface area is 199 Å². The highest BCUT2D eigenvalue weighted by Gasteiger charge is 2.32. The number of aryl methyl sites for hydroxylation is 1. The van der Waals surface area contributed by atoms with Crippen LogP contribution in [0.1, 0.15) is 18.4 Å². The van der Waals surface area contributed by atoms with Gasteiger partial charge in [0, 0.05) is 25.8 Å². The van der Waals surface area contributed by atoms with Crippen molar-refractivity contribution in [3.8, 4) is 0 Å². The molecule has 170 valence electrons. The summed E-state index contributed by atoms with van der Waals surface area (Å²) in [5, 5.41) is 3.54. The third-order valence-electron chi connectivity index (χ3n) is 5.54. The Kier molecular flexibility index (Phi) is 6.65. The Morgan fingerprint density at radius 2 is 1.97 bits per heavy atom. The van der Waals surface area contributed by atoms with Crippen LogP contribution >= 0.6 is 34.5 Å². The number of carbonyl (C=O) groups is 1. The molecule has 1 amide bonds. The SMILES string of the molecule is Cn1c(=O)sc2cc(NC(=O)[C@H]3CCCN(S(=O)(=O)Cc4ccc(Cl)c(Cl)c4)C3)ccc21. The number of rotatable bonds is 5. The number of thiazole rings is 1. The number of benzene rings is 2. The molecule has 3 aromatic rings. The van der Waals surface area contributed by atoms with Gasteiger partial charge in [0.1, 0.15) is 0 Å². The van der Waals surface area contributed by atoms with Gasteiger partial charge in [0.2, 0.25) is 15.9 Å². The van der Waals surface area contributed by atoms with Gasteiger partial charge in [0.05, 0.1) is 31.9 Å². The number of nitrogens with one attached hydrogen (secondary N) is 1. The molecule has 1 saturated heterocycles. The molecule has 0 unspecified atom stereocenters. The molecule has 1 fully saturated rings. The number of anilines is 1. The molecule has 7 nitrogen and oxygen atoms in total. The lowest BCUT2D eigenvalue weighted by atomic mass is 9.98. The van der Waals surface area contributed by atoms with E-state index in [0.29, 0.717) is 40.7 Å². The van der Waals surface area contributed by atoms with Gasteiger partial charge < -0.3 is 9.88 Å². The first-order chi connectivity index (χ1) is 15.1. The highest BCUT2D eigenvalue weighted by molar-refractivity contribution is 7.88. The number of halogens is 2. The molecule has 11 heteroatoms. The summed E-state index contributed by atoms with van der Waals surface area (Å²) in [4.78, 5) is 24.6. The quantitative estimate of drug-likeness (QED) is 0.556. The van der Waals surface area contributed by atoms with E-state index < -0.39 is 15.9 Å². The van der Waals surface area contributed by atoms with E-state index in [4.69, 9.17) is 23.2 Å². The number of nitrogens with zero attached hydrogens (tertiary/aromatic N) is 2. The molecule has 1 aliphatic heterocycles. The average molecular weight is 514 g/mol. The van der Waals surface area contributed by atoms with Crippen LogP contribution in [-0.2, 0) is 27.6 Å². The number of carbonyl (C=O) groups excluding carboxylic acids is 1. The minimum Gasteiger partial charge on any atom is -0.326 e. The Bertz CT molecular complexity index is 1350. The second-order valence-corrected chi connectivity index (χ2v) is 11.6. The van der Waals surface area contributed by atoms with Crippen LogP contribution in [0, 0.1) is 5.92 Å². The van der Waals surface area contributed by atoms with E-state index in [1.165, 1.54) is 4.31 Å². The molecule has 0 spiro atoms. The fraction of sp³-hybridized carbons (Fsp3) is 0.333. The van der Waals surface area contributed by atoms with E-state index in [2.05, 4.69) is 5.32 Å². The maximum Gasteiger partial charge on any atom is 0.307 e. The number of fused-ring (bicyclic) bond motifs is 1. The largest absolute Gasteiger partial charge is 0.326 e. The van der Waals surface area contributed by atoms with Crippen molar-refractivity contribution >= 4 is 66.4 Å².